The third kappa shape index (κ3) is 2.61. The van der Waals surface area contributed by atoms with Crippen molar-refractivity contribution in [2.24, 2.45) is 5.92 Å². The van der Waals surface area contributed by atoms with Gasteiger partial charge >= 0.3 is 0 Å². The summed E-state index contributed by atoms with van der Waals surface area (Å²) in [6.07, 6.45) is 0.236. The lowest BCUT2D eigenvalue weighted by molar-refractivity contribution is -0.123. The first-order valence-corrected chi connectivity index (χ1v) is 3.28. The van der Waals surface area contributed by atoms with Crippen LogP contribution in [0.4, 0.5) is 0 Å². The molecule has 0 fully saturated rings. The van der Waals surface area contributed by atoms with Crippen LogP contribution in [0.25, 0.3) is 0 Å². The molecule has 0 aliphatic rings. The number of hydrogen-bond acceptors (Lipinski definition) is 2. The minimum Gasteiger partial charge on any atom is -0.393 e. The molecule has 0 saturated heterocycles. The standard InChI is InChI=1S/C7H14O2/c1-4-7(5(2)8)6(3)9/h5,7-8H,4H2,1-3H3/t5?,7-/m0/s1. The third-order valence-corrected chi connectivity index (χ3v) is 1.54. The van der Waals surface area contributed by atoms with Crippen molar-refractivity contribution in [2.45, 2.75) is 33.3 Å². The SMILES string of the molecule is CC[C@H](C(C)=O)C(C)O. The molecule has 0 aromatic heterocycles. The molecule has 0 heterocycles. The van der Waals surface area contributed by atoms with Crippen LogP contribution in [0, 0.1) is 5.92 Å². The number of carbonyl (C=O) groups excluding carboxylic acids is 1. The molecule has 9 heavy (non-hydrogen) atoms. The fraction of sp³-hybridized carbons (Fsp3) is 0.857. The number of Topliss-reactive ketones (excluding diaryl/α,β-unsaturated/α-hetero) is 1. The van der Waals surface area contributed by atoms with Gasteiger partial charge in [-0.2, -0.15) is 0 Å². The van der Waals surface area contributed by atoms with Gasteiger partial charge in [0.2, 0.25) is 0 Å². The molecule has 54 valence electrons. The van der Waals surface area contributed by atoms with E-state index in [0.29, 0.717) is 0 Å². The first-order valence-electron chi connectivity index (χ1n) is 3.28. The van der Waals surface area contributed by atoms with Crippen molar-refractivity contribution < 1.29 is 9.90 Å². The van der Waals surface area contributed by atoms with E-state index in [1.807, 2.05) is 6.92 Å². The Morgan fingerprint density at radius 1 is 1.67 bits per heavy atom. The highest BCUT2D eigenvalue weighted by Crippen LogP contribution is 2.08. The first-order chi connectivity index (χ1) is 4.09. The van der Waals surface area contributed by atoms with Crippen LogP contribution in [0.5, 0.6) is 0 Å². The molecule has 0 aliphatic heterocycles. The zero-order valence-electron chi connectivity index (χ0n) is 6.22. The van der Waals surface area contributed by atoms with Crippen LogP contribution in [0.3, 0.4) is 0 Å². The summed E-state index contributed by atoms with van der Waals surface area (Å²) in [5, 5.41) is 8.96. The lowest BCUT2D eigenvalue weighted by Gasteiger charge is -2.13. The Bertz CT molecular complexity index is 97.1. The summed E-state index contributed by atoms with van der Waals surface area (Å²) in [5.41, 5.74) is 0. The summed E-state index contributed by atoms with van der Waals surface area (Å²) in [6, 6.07) is 0. The molecule has 0 amide bonds. The molecule has 0 aromatic rings. The van der Waals surface area contributed by atoms with E-state index >= 15 is 0 Å². The zero-order chi connectivity index (χ0) is 7.44. The number of aliphatic hydroxyl groups excluding tert-OH is 1. The van der Waals surface area contributed by atoms with Gasteiger partial charge in [0.05, 0.1) is 6.10 Å². The molecule has 0 bridgehead atoms. The van der Waals surface area contributed by atoms with E-state index < -0.39 is 6.10 Å². The number of carbonyl (C=O) groups is 1. The third-order valence-electron chi connectivity index (χ3n) is 1.54. The summed E-state index contributed by atoms with van der Waals surface area (Å²) < 4.78 is 0. The highest BCUT2D eigenvalue weighted by molar-refractivity contribution is 5.78. The summed E-state index contributed by atoms with van der Waals surface area (Å²) in [7, 11) is 0. The lowest BCUT2D eigenvalue weighted by atomic mass is 9.97. The number of hydrogen-bond donors (Lipinski definition) is 1. The molecule has 0 spiro atoms. The van der Waals surface area contributed by atoms with Gasteiger partial charge in [-0.1, -0.05) is 6.92 Å². The highest BCUT2D eigenvalue weighted by atomic mass is 16.3. The average molecular weight is 130 g/mol. The van der Waals surface area contributed by atoms with Crippen molar-refractivity contribution in [1.82, 2.24) is 0 Å². The first kappa shape index (κ1) is 8.63. The van der Waals surface area contributed by atoms with E-state index in [0.717, 1.165) is 6.42 Å². The molecular formula is C7H14O2. The Labute approximate surface area is 55.9 Å². The fourth-order valence-corrected chi connectivity index (χ4v) is 0.968. The predicted octanol–water partition coefficient (Wildman–Crippen LogP) is 0.982. The summed E-state index contributed by atoms with van der Waals surface area (Å²) in [5.74, 6) is -0.0856. The Balaban J connectivity index is 3.83. The van der Waals surface area contributed by atoms with Gasteiger partial charge in [-0.3, -0.25) is 4.79 Å². The van der Waals surface area contributed by atoms with E-state index in [4.69, 9.17) is 5.11 Å². The minimum absolute atomic E-state index is 0.0764. The second kappa shape index (κ2) is 3.62. The molecule has 0 radical (unpaired) electrons. The smallest absolute Gasteiger partial charge is 0.135 e. The average Bonchev–Trinajstić information content (AvgIpc) is 1.64. The van der Waals surface area contributed by atoms with E-state index in [1.54, 1.807) is 6.92 Å². The van der Waals surface area contributed by atoms with E-state index in [2.05, 4.69) is 0 Å². The summed E-state index contributed by atoms with van der Waals surface area (Å²) in [4.78, 5) is 10.7. The van der Waals surface area contributed by atoms with Crippen molar-refractivity contribution in [3.8, 4) is 0 Å². The maximum absolute atomic E-state index is 10.7. The van der Waals surface area contributed by atoms with Crippen LogP contribution in [-0.2, 0) is 4.79 Å². The van der Waals surface area contributed by atoms with E-state index in [-0.39, 0.29) is 11.7 Å². The Morgan fingerprint density at radius 3 is 2.11 bits per heavy atom. The van der Waals surface area contributed by atoms with Crippen LogP contribution in [-0.4, -0.2) is 17.0 Å². The second-order valence-electron chi connectivity index (χ2n) is 2.37. The second-order valence-corrected chi connectivity index (χ2v) is 2.37. The number of rotatable bonds is 3. The van der Waals surface area contributed by atoms with Gasteiger partial charge in [0.15, 0.2) is 0 Å². The normalized spacial score (nSPS) is 16.9. The van der Waals surface area contributed by atoms with Crippen molar-refractivity contribution in [1.29, 1.82) is 0 Å². The van der Waals surface area contributed by atoms with Crippen LogP contribution in [0.15, 0.2) is 0 Å². The van der Waals surface area contributed by atoms with Crippen LogP contribution in [0.2, 0.25) is 0 Å². The maximum atomic E-state index is 10.7. The molecule has 1 N–H and O–H groups in total. The molecule has 0 aromatic carbocycles. The van der Waals surface area contributed by atoms with Crippen molar-refractivity contribution >= 4 is 5.78 Å². The van der Waals surface area contributed by atoms with Crippen molar-refractivity contribution in [3.63, 3.8) is 0 Å². The largest absolute Gasteiger partial charge is 0.393 e. The minimum atomic E-state index is -0.493. The van der Waals surface area contributed by atoms with Crippen LogP contribution >= 0.6 is 0 Å². The van der Waals surface area contributed by atoms with E-state index in [1.165, 1.54) is 6.92 Å². The van der Waals surface area contributed by atoms with Crippen molar-refractivity contribution in [2.75, 3.05) is 0 Å². The topological polar surface area (TPSA) is 37.3 Å². The predicted molar refractivity (Wildman–Crippen MR) is 36.1 cm³/mol. The Morgan fingerprint density at radius 2 is 2.11 bits per heavy atom. The van der Waals surface area contributed by atoms with Gasteiger partial charge < -0.3 is 5.11 Å². The van der Waals surface area contributed by atoms with Gasteiger partial charge in [-0.05, 0) is 20.3 Å². The van der Waals surface area contributed by atoms with Gasteiger partial charge in [-0.15, -0.1) is 0 Å². The fourth-order valence-electron chi connectivity index (χ4n) is 0.968. The van der Waals surface area contributed by atoms with Crippen molar-refractivity contribution in [3.05, 3.63) is 0 Å². The molecule has 2 atom stereocenters. The molecule has 0 rings (SSSR count). The zero-order valence-corrected chi connectivity index (χ0v) is 6.22. The molecular weight excluding hydrogens is 116 g/mol. The van der Waals surface area contributed by atoms with Gasteiger partial charge in [0.1, 0.15) is 5.78 Å². The van der Waals surface area contributed by atoms with Gasteiger partial charge in [0, 0.05) is 5.92 Å². The van der Waals surface area contributed by atoms with Crippen LogP contribution < -0.4 is 0 Å². The summed E-state index contributed by atoms with van der Waals surface area (Å²) >= 11 is 0. The quantitative estimate of drug-likeness (QED) is 0.618. The number of aliphatic hydroxyl groups is 1. The van der Waals surface area contributed by atoms with Crippen LogP contribution in [0.1, 0.15) is 27.2 Å². The Hall–Kier alpha value is -0.370. The molecule has 2 heteroatoms. The maximum Gasteiger partial charge on any atom is 0.135 e. The molecule has 1 unspecified atom stereocenters. The van der Waals surface area contributed by atoms with Gasteiger partial charge in [-0.25, -0.2) is 0 Å². The lowest BCUT2D eigenvalue weighted by Crippen LogP contribution is -2.22. The highest BCUT2D eigenvalue weighted by Gasteiger charge is 2.16. The summed E-state index contributed by atoms with van der Waals surface area (Å²) in [6.45, 7) is 5.06. The number of ketones is 1. The molecule has 0 saturated carbocycles. The monoisotopic (exact) mass is 130 g/mol. The Kier molecular flexibility index (Phi) is 3.47. The van der Waals surface area contributed by atoms with Gasteiger partial charge in [0.25, 0.3) is 0 Å². The van der Waals surface area contributed by atoms with E-state index in [9.17, 15) is 4.79 Å². The molecule has 0 aliphatic carbocycles. The molecule has 2 nitrogen and oxygen atoms in total.